The molecule has 1 nitrogen and oxygen atoms in total. The van der Waals surface area contributed by atoms with Crippen molar-refractivity contribution in [3.8, 4) is 5.75 Å². The number of hydrogen-bond acceptors (Lipinski definition) is 1. The van der Waals surface area contributed by atoms with E-state index in [1.54, 1.807) is 0 Å². The topological polar surface area (TPSA) is 9.23 Å². The smallest absolute Gasteiger partial charge is 0.126 e. The summed E-state index contributed by atoms with van der Waals surface area (Å²) in [5, 5.41) is 0. The van der Waals surface area contributed by atoms with Crippen molar-refractivity contribution in [1.82, 2.24) is 0 Å². The number of allylic oxidation sites excluding steroid dienone is 3. The van der Waals surface area contributed by atoms with E-state index in [2.05, 4.69) is 45.1 Å². The molecule has 0 fully saturated rings. The molecule has 1 heteroatoms. The van der Waals surface area contributed by atoms with Gasteiger partial charge in [-0.05, 0) is 44.4 Å². The Balaban J connectivity index is 3.07. The first-order chi connectivity index (χ1) is 8.20. The fraction of sp³-hybridized carbons (Fsp3) is 0.375. The molecule has 92 valence electrons. The highest BCUT2D eigenvalue weighted by Crippen LogP contribution is 2.26. The molecule has 0 saturated carbocycles. The van der Waals surface area contributed by atoms with Gasteiger partial charge in [-0.1, -0.05) is 37.3 Å². The first kappa shape index (κ1) is 13.6. The van der Waals surface area contributed by atoms with E-state index in [-0.39, 0.29) is 0 Å². The fourth-order valence-electron chi connectivity index (χ4n) is 1.62. The Hall–Kier alpha value is -1.50. The van der Waals surface area contributed by atoms with Gasteiger partial charge in [0.15, 0.2) is 0 Å². The Labute approximate surface area is 105 Å². The van der Waals surface area contributed by atoms with Crippen molar-refractivity contribution in [3.63, 3.8) is 0 Å². The summed E-state index contributed by atoms with van der Waals surface area (Å²) in [6, 6.07) is 4.18. The lowest BCUT2D eigenvalue weighted by Crippen LogP contribution is -1.99. The van der Waals surface area contributed by atoms with Gasteiger partial charge in [0.2, 0.25) is 0 Å². The first-order valence-electron chi connectivity index (χ1n) is 6.23. The largest absolute Gasteiger partial charge is 0.493 e. The summed E-state index contributed by atoms with van der Waals surface area (Å²) in [6.07, 6.45) is 9.26. The van der Waals surface area contributed by atoms with E-state index >= 15 is 0 Å². The minimum absolute atomic E-state index is 0.771. The average molecular weight is 230 g/mol. The monoisotopic (exact) mass is 230 g/mol. The minimum Gasteiger partial charge on any atom is -0.493 e. The predicted molar refractivity (Wildman–Crippen MR) is 75.6 cm³/mol. The standard InChI is InChI=1S/C16H22O/c1-5-7-8-9-15-14(4)13(3)10-11-16(15)17-12-6-2/h5,7-11H,6,12H2,1-4H3/b7-5-,9-8-. The summed E-state index contributed by atoms with van der Waals surface area (Å²) < 4.78 is 5.78. The lowest BCUT2D eigenvalue weighted by Gasteiger charge is -2.12. The zero-order chi connectivity index (χ0) is 12.7. The van der Waals surface area contributed by atoms with E-state index in [4.69, 9.17) is 4.74 Å². The van der Waals surface area contributed by atoms with Crippen LogP contribution in [0.25, 0.3) is 6.08 Å². The van der Waals surface area contributed by atoms with Crippen LogP contribution in [0.15, 0.2) is 30.4 Å². The van der Waals surface area contributed by atoms with Crippen LogP contribution in [0, 0.1) is 13.8 Å². The highest BCUT2D eigenvalue weighted by atomic mass is 16.5. The van der Waals surface area contributed by atoms with Crippen LogP contribution >= 0.6 is 0 Å². The molecule has 0 heterocycles. The highest BCUT2D eigenvalue weighted by Gasteiger charge is 2.05. The van der Waals surface area contributed by atoms with Crippen molar-refractivity contribution in [2.75, 3.05) is 6.61 Å². The van der Waals surface area contributed by atoms with Crippen LogP contribution < -0.4 is 4.74 Å². The normalized spacial score (nSPS) is 11.5. The summed E-state index contributed by atoms with van der Waals surface area (Å²) in [6.45, 7) is 9.18. The Morgan fingerprint density at radius 3 is 2.59 bits per heavy atom. The molecule has 0 unspecified atom stereocenters. The zero-order valence-electron chi connectivity index (χ0n) is 11.3. The summed E-state index contributed by atoms with van der Waals surface area (Å²) in [5.74, 6) is 0.982. The molecule has 1 aromatic carbocycles. The molecule has 0 radical (unpaired) electrons. The maximum atomic E-state index is 5.78. The lowest BCUT2D eigenvalue weighted by molar-refractivity contribution is 0.316. The van der Waals surface area contributed by atoms with Crippen LogP contribution in [0.1, 0.15) is 37.0 Å². The maximum Gasteiger partial charge on any atom is 0.126 e. The third-order valence-corrected chi connectivity index (χ3v) is 2.77. The Morgan fingerprint density at radius 1 is 1.18 bits per heavy atom. The second-order valence-electron chi connectivity index (χ2n) is 4.15. The van der Waals surface area contributed by atoms with Crippen molar-refractivity contribution in [3.05, 3.63) is 47.1 Å². The van der Waals surface area contributed by atoms with Gasteiger partial charge in [0.1, 0.15) is 5.75 Å². The van der Waals surface area contributed by atoms with Crippen LogP contribution in [-0.2, 0) is 0 Å². The maximum absolute atomic E-state index is 5.78. The van der Waals surface area contributed by atoms with Gasteiger partial charge < -0.3 is 4.74 Å². The van der Waals surface area contributed by atoms with Crippen molar-refractivity contribution in [1.29, 1.82) is 0 Å². The molecule has 0 aliphatic carbocycles. The van der Waals surface area contributed by atoms with E-state index < -0.39 is 0 Å². The summed E-state index contributed by atoms with van der Waals surface area (Å²) in [5.41, 5.74) is 3.78. The fourth-order valence-corrected chi connectivity index (χ4v) is 1.62. The van der Waals surface area contributed by atoms with Crippen LogP contribution in [0.3, 0.4) is 0 Å². The van der Waals surface area contributed by atoms with E-state index in [1.165, 1.54) is 16.7 Å². The van der Waals surface area contributed by atoms with Crippen molar-refractivity contribution in [2.45, 2.75) is 34.1 Å². The van der Waals surface area contributed by atoms with Gasteiger partial charge in [0.05, 0.1) is 6.61 Å². The van der Waals surface area contributed by atoms with Gasteiger partial charge in [-0.25, -0.2) is 0 Å². The molecule has 0 bridgehead atoms. The molecule has 0 atom stereocenters. The highest BCUT2D eigenvalue weighted by molar-refractivity contribution is 5.63. The zero-order valence-corrected chi connectivity index (χ0v) is 11.3. The quantitative estimate of drug-likeness (QED) is 0.667. The number of hydrogen-bond donors (Lipinski definition) is 0. The van der Waals surface area contributed by atoms with E-state index in [9.17, 15) is 0 Å². The Bertz CT molecular complexity index is 414. The van der Waals surface area contributed by atoms with Gasteiger partial charge >= 0.3 is 0 Å². The number of rotatable bonds is 5. The summed E-state index contributed by atoms with van der Waals surface area (Å²) >= 11 is 0. The van der Waals surface area contributed by atoms with Gasteiger partial charge in [-0.15, -0.1) is 0 Å². The molecule has 0 saturated heterocycles. The van der Waals surface area contributed by atoms with E-state index in [0.29, 0.717) is 0 Å². The molecule has 0 aliphatic rings. The second kappa shape index (κ2) is 6.95. The van der Waals surface area contributed by atoms with Gasteiger partial charge in [-0.3, -0.25) is 0 Å². The molecule has 1 rings (SSSR count). The summed E-state index contributed by atoms with van der Waals surface area (Å²) in [4.78, 5) is 0. The number of benzene rings is 1. The number of aryl methyl sites for hydroxylation is 1. The molecule has 1 aromatic rings. The second-order valence-corrected chi connectivity index (χ2v) is 4.15. The van der Waals surface area contributed by atoms with Gasteiger partial charge in [0, 0.05) is 5.56 Å². The third kappa shape index (κ3) is 3.77. The molecule has 0 aromatic heterocycles. The molecular weight excluding hydrogens is 208 g/mol. The van der Waals surface area contributed by atoms with Crippen LogP contribution in [-0.4, -0.2) is 6.61 Å². The van der Waals surface area contributed by atoms with Crippen LogP contribution in [0.2, 0.25) is 0 Å². The van der Waals surface area contributed by atoms with Crippen molar-refractivity contribution in [2.24, 2.45) is 0 Å². The lowest BCUT2D eigenvalue weighted by atomic mass is 10.0. The minimum atomic E-state index is 0.771. The van der Waals surface area contributed by atoms with Crippen LogP contribution in [0.4, 0.5) is 0 Å². The summed E-state index contributed by atoms with van der Waals surface area (Å²) in [7, 11) is 0. The van der Waals surface area contributed by atoms with Crippen molar-refractivity contribution < 1.29 is 4.74 Å². The molecular formula is C16H22O. The third-order valence-electron chi connectivity index (χ3n) is 2.77. The molecule has 17 heavy (non-hydrogen) atoms. The van der Waals surface area contributed by atoms with Crippen molar-refractivity contribution >= 4 is 6.08 Å². The van der Waals surface area contributed by atoms with Gasteiger partial charge in [0.25, 0.3) is 0 Å². The van der Waals surface area contributed by atoms with E-state index in [1.807, 2.05) is 19.1 Å². The Kier molecular flexibility index (Phi) is 5.55. The first-order valence-corrected chi connectivity index (χ1v) is 6.23. The average Bonchev–Trinajstić information content (AvgIpc) is 2.33. The Morgan fingerprint density at radius 2 is 1.94 bits per heavy atom. The molecule has 0 amide bonds. The van der Waals surface area contributed by atoms with Crippen LogP contribution in [0.5, 0.6) is 5.75 Å². The molecule has 0 aliphatic heterocycles. The molecule has 0 N–H and O–H groups in total. The van der Waals surface area contributed by atoms with E-state index in [0.717, 1.165) is 18.8 Å². The molecule has 0 spiro atoms. The SMILES string of the molecule is C/C=C\C=C/c1c(OCCC)ccc(C)c1C. The predicted octanol–water partition coefficient (Wildman–Crippen LogP) is 4.68. The van der Waals surface area contributed by atoms with Gasteiger partial charge in [-0.2, -0.15) is 0 Å². The number of ether oxygens (including phenoxy) is 1.